The Kier molecular flexibility index (Phi) is 14.6. The second-order valence-corrected chi connectivity index (χ2v) is 12.1. The van der Waals surface area contributed by atoms with Gasteiger partial charge in [0.15, 0.2) is 11.2 Å². The molecule has 1 saturated heterocycles. The summed E-state index contributed by atoms with van der Waals surface area (Å²) in [5, 5.41) is 4.95. The molecule has 4 atom stereocenters. The molecule has 1 aliphatic heterocycles. The molecule has 0 bridgehead atoms. The number of likely N-dealkylation sites (tertiary alicyclic amines) is 1. The fraction of sp³-hybridized carbons (Fsp3) is 0.769. The van der Waals surface area contributed by atoms with Crippen LogP contribution in [-0.4, -0.2) is 83.1 Å². The third-order valence-electron chi connectivity index (χ3n) is 5.96. The van der Waals surface area contributed by atoms with Gasteiger partial charge < -0.3 is 20.3 Å². The van der Waals surface area contributed by atoms with Gasteiger partial charge in [0, 0.05) is 33.6 Å². The molecule has 4 amide bonds. The number of ether oxygens (including phenoxy) is 1. The molecule has 1 aliphatic carbocycles. The first-order chi connectivity index (χ1) is 17.8. The van der Waals surface area contributed by atoms with Crippen molar-refractivity contribution in [3.63, 3.8) is 0 Å². The highest BCUT2D eigenvalue weighted by molar-refractivity contribution is 7.81. The van der Waals surface area contributed by atoms with Crippen LogP contribution >= 0.6 is 0 Å². The Hall–Kier alpha value is -2.47. The van der Waals surface area contributed by atoms with E-state index in [4.69, 9.17) is 4.74 Å². The summed E-state index contributed by atoms with van der Waals surface area (Å²) in [4.78, 5) is 48.3. The minimum Gasteiger partial charge on any atom is -0.444 e. The Labute approximate surface area is 230 Å². The topological polar surface area (TPSA) is 137 Å². The van der Waals surface area contributed by atoms with Crippen LogP contribution in [-0.2, 0) is 30.3 Å². The summed E-state index contributed by atoms with van der Waals surface area (Å²) in [5.41, 5.74) is -0.606. The molecular weight excluding hydrogens is 510 g/mol. The van der Waals surface area contributed by atoms with Gasteiger partial charge in [-0.15, -0.1) is 0 Å². The molecule has 3 N–H and O–H groups in total. The number of hydrogen-bond donors (Lipinski definition) is 3. The second kappa shape index (κ2) is 16.5. The number of alkyl carbamates (subject to hydrolysis) is 1. The van der Waals surface area contributed by atoms with Crippen molar-refractivity contribution in [2.45, 2.75) is 84.3 Å². The zero-order valence-corrected chi connectivity index (χ0v) is 24.8. The van der Waals surface area contributed by atoms with E-state index >= 15 is 0 Å². The summed E-state index contributed by atoms with van der Waals surface area (Å²) in [7, 11) is 4.89. The van der Waals surface area contributed by atoms with Gasteiger partial charge in [-0.3, -0.25) is 19.1 Å². The Morgan fingerprint density at radius 3 is 2.39 bits per heavy atom. The van der Waals surface area contributed by atoms with Crippen LogP contribution in [0.25, 0.3) is 0 Å². The van der Waals surface area contributed by atoms with Crippen LogP contribution < -0.4 is 15.4 Å². The molecule has 0 aromatic carbocycles. The first-order valence-electron chi connectivity index (χ1n) is 13.3. The predicted octanol–water partition coefficient (Wildman–Crippen LogP) is 2.26. The largest absolute Gasteiger partial charge is 0.444 e. The number of carbonyl (C=O) groups is 4. The average molecular weight is 558 g/mol. The van der Waals surface area contributed by atoms with Crippen molar-refractivity contribution >= 4 is 35.0 Å². The lowest BCUT2D eigenvalue weighted by Gasteiger charge is -2.24. The van der Waals surface area contributed by atoms with Crippen molar-refractivity contribution in [1.82, 2.24) is 24.6 Å². The maximum absolute atomic E-state index is 12.0. The Morgan fingerprint density at radius 2 is 1.82 bits per heavy atom. The molecule has 1 saturated carbocycles. The maximum atomic E-state index is 12.0. The molecule has 2 fully saturated rings. The van der Waals surface area contributed by atoms with Crippen molar-refractivity contribution in [2.24, 2.45) is 11.8 Å². The van der Waals surface area contributed by atoms with Gasteiger partial charge in [0.1, 0.15) is 18.2 Å². The molecule has 0 aromatic rings. The van der Waals surface area contributed by atoms with Gasteiger partial charge >= 0.3 is 6.09 Å². The minimum atomic E-state index is -1.40. The van der Waals surface area contributed by atoms with E-state index in [1.54, 1.807) is 41.9 Å². The number of unbranched alkanes of at least 4 members (excludes halogenated alkanes) is 3. The van der Waals surface area contributed by atoms with E-state index in [2.05, 4.69) is 34.4 Å². The Balaban J connectivity index is 0.000000382. The van der Waals surface area contributed by atoms with Crippen LogP contribution in [0, 0.1) is 11.8 Å². The lowest BCUT2D eigenvalue weighted by Crippen LogP contribution is -2.48. The summed E-state index contributed by atoms with van der Waals surface area (Å²) in [6, 6.07) is -0.437. The third-order valence-corrected chi connectivity index (χ3v) is 7.00. The monoisotopic (exact) mass is 557 g/mol. The summed E-state index contributed by atoms with van der Waals surface area (Å²) < 4.78 is 20.4. The highest BCUT2D eigenvalue weighted by atomic mass is 32.2. The Morgan fingerprint density at radius 1 is 1.13 bits per heavy atom. The van der Waals surface area contributed by atoms with Crippen LogP contribution in [0.5, 0.6) is 0 Å². The number of nitrogens with zero attached hydrogens (tertiary/aromatic N) is 2. The van der Waals surface area contributed by atoms with E-state index < -0.39 is 28.9 Å². The Bertz CT molecular complexity index is 858. The van der Waals surface area contributed by atoms with E-state index in [1.165, 1.54) is 28.5 Å². The highest BCUT2D eigenvalue weighted by Gasteiger charge is 2.41. The molecule has 0 spiro atoms. The summed E-state index contributed by atoms with van der Waals surface area (Å²) in [5.74, 6) is -0.164. The lowest BCUT2D eigenvalue weighted by molar-refractivity contribution is -0.137. The van der Waals surface area contributed by atoms with Crippen LogP contribution in [0.3, 0.4) is 0 Å². The fourth-order valence-corrected chi connectivity index (χ4v) is 4.34. The molecule has 12 heteroatoms. The smallest absolute Gasteiger partial charge is 0.408 e. The molecule has 1 heterocycles. The normalized spacial score (nSPS) is 21.4. The van der Waals surface area contributed by atoms with Gasteiger partial charge in [-0.25, -0.2) is 13.3 Å². The molecule has 2 rings (SSSR count). The number of hydrogen-bond acceptors (Lipinski definition) is 6. The summed E-state index contributed by atoms with van der Waals surface area (Å²) in [6.45, 7) is 7.80. The zero-order valence-electron chi connectivity index (χ0n) is 24.0. The highest BCUT2D eigenvalue weighted by Crippen LogP contribution is 2.40. The van der Waals surface area contributed by atoms with Gasteiger partial charge in [-0.05, 0) is 58.8 Å². The minimum absolute atomic E-state index is 0.0244. The van der Waals surface area contributed by atoms with Crippen molar-refractivity contribution in [1.29, 1.82) is 0 Å². The first kappa shape index (κ1) is 33.6. The summed E-state index contributed by atoms with van der Waals surface area (Å²) >= 11 is -1.40. The molecule has 0 aromatic heterocycles. The van der Waals surface area contributed by atoms with Gasteiger partial charge in [0.25, 0.3) is 0 Å². The van der Waals surface area contributed by atoms with Gasteiger partial charge in [-0.2, -0.15) is 0 Å². The summed E-state index contributed by atoms with van der Waals surface area (Å²) in [6.07, 6.45) is 10.8. The SMILES string of the molecule is CCCCC/C=C\[C@@H]1C[C@@H]1C(=O)NS(=O)N(C)C.CNC(=O)[C@@H]1CCCN1C(=O)CNC(=O)OC(C)(C)C. The van der Waals surface area contributed by atoms with E-state index in [9.17, 15) is 23.4 Å². The zero-order chi connectivity index (χ0) is 28.9. The van der Waals surface area contributed by atoms with Crippen LogP contribution in [0.2, 0.25) is 0 Å². The quantitative estimate of drug-likeness (QED) is 0.263. The van der Waals surface area contributed by atoms with Crippen molar-refractivity contribution in [2.75, 3.05) is 34.2 Å². The predicted molar refractivity (Wildman–Crippen MR) is 148 cm³/mol. The number of carbonyl (C=O) groups excluding carboxylic acids is 4. The van der Waals surface area contributed by atoms with Crippen LogP contribution in [0.15, 0.2) is 12.2 Å². The number of amides is 4. The van der Waals surface area contributed by atoms with E-state index in [1.807, 2.05) is 0 Å². The number of nitrogens with one attached hydrogen (secondary N) is 3. The molecular formula is C26H47N5O6S. The fourth-order valence-electron chi connectivity index (χ4n) is 3.83. The maximum Gasteiger partial charge on any atom is 0.408 e. The van der Waals surface area contributed by atoms with Gasteiger partial charge in [-0.1, -0.05) is 31.9 Å². The number of likely N-dealkylation sites (N-methyl/N-ethyl adjacent to an activating group) is 1. The molecule has 11 nitrogen and oxygen atoms in total. The number of rotatable bonds is 11. The van der Waals surface area contributed by atoms with Gasteiger partial charge in [0.2, 0.25) is 17.7 Å². The van der Waals surface area contributed by atoms with E-state index in [0.29, 0.717) is 18.9 Å². The van der Waals surface area contributed by atoms with Crippen LogP contribution in [0.1, 0.15) is 72.6 Å². The van der Waals surface area contributed by atoms with Crippen LogP contribution in [0.4, 0.5) is 4.79 Å². The van der Waals surface area contributed by atoms with Crippen molar-refractivity contribution in [3.8, 4) is 0 Å². The molecule has 38 heavy (non-hydrogen) atoms. The third kappa shape index (κ3) is 12.9. The molecule has 0 radical (unpaired) electrons. The molecule has 1 unspecified atom stereocenters. The van der Waals surface area contributed by atoms with Crippen molar-refractivity contribution in [3.05, 3.63) is 12.2 Å². The van der Waals surface area contributed by atoms with E-state index in [-0.39, 0.29) is 30.2 Å². The molecule has 218 valence electrons. The lowest BCUT2D eigenvalue weighted by atomic mass is 10.2. The van der Waals surface area contributed by atoms with Crippen molar-refractivity contribution < 1.29 is 28.1 Å². The second-order valence-electron chi connectivity index (χ2n) is 10.7. The standard InChI is InChI=1S/C13H23N3O4.C13H24N2O2S/c1-13(2,3)20-12(19)15-8-10(17)16-7-5-6-9(16)11(18)14-4;1-4-5-6-7-8-9-11-10-12(11)13(16)14-18(17)15(2)3/h9H,5-8H2,1-4H3,(H,14,18)(H,15,19);8-9,11-12H,4-7,10H2,1-3H3,(H,14,16)/b;9-8-/t9-;11-,12+,18?/m01/s1. The van der Waals surface area contributed by atoms with Gasteiger partial charge in [0.05, 0.1) is 0 Å². The molecule has 2 aliphatic rings. The average Bonchev–Trinajstić information content (AvgIpc) is 3.45. The van der Waals surface area contributed by atoms with E-state index in [0.717, 1.165) is 19.3 Å². The first-order valence-corrected chi connectivity index (χ1v) is 14.5. The number of allylic oxidation sites excluding steroid dienone is 2.